The molecule has 0 saturated heterocycles. The smallest absolute Gasteiger partial charge is 0.152 e. The van der Waals surface area contributed by atoms with Crippen LogP contribution in [-0.2, 0) is 11.2 Å². The van der Waals surface area contributed by atoms with Crippen molar-refractivity contribution >= 4 is 5.78 Å². The van der Waals surface area contributed by atoms with Gasteiger partial charge in [0, 0.05) is 6.42 Å². The molecule has 0 unspecified atom stereocenters. The lowest BCUT2D eigenvalue weighted by Crippen LogP contribution is -2.33. The van der Waals surface area contributed by atoms with Crippen LogP contribution >= 0.6 is 0 Å². The van der Waals surface area contributed by atoms with E-state index < -0.39 is 6.04 Å². The Hall–Kier alpha value is -1.19. The third-order valence-electron chi connectivity index (χ3n) is 2.07. The Morgan fingerprint density at radius 2 is 1.88 bits per heavy atom. The van der Waals surface area contributed by atoms with Crippen LogP contribution in [0.25, 0.3) is 0 Å². The highest BCUT2D eigenvalue weighted by Gasteiger charge is 2.12. The van der Waals surface area contributed by atoms with Crippen molar-refractivity contribution in [1.29, 1.82) is 0 Å². The number of aliphatic hydroxyl groups excluding tert-OH is 1. The number of ketones is 1. The average molecular weight is 223 g/mol. The molecule has 0 radical (unpaired) electrons. The Morgan fingerprint density at radius 3 is 2.38 bits per heavy atom. The summed E-state index contributed by atoms with van der Waals surface area (Å²) in [6.07, 6.45) is 0.688. The molecule has 3 N–H and O–H groups in total. The van der Waals surface area contributed by atoms with Crippen LogP contribution in [-0.4, -0.2) is 23.5 Å². The molecular weight excluding hydrogens is 202 g/mol. The van der Waals surface area contributed by atoms with Gasteiger partial charge < -0.3 is 10.8 Å². The zero-order chi connectivity index (χ0) is 12.4. The summed E-state index contributed by atoms with van der Waals surface area (Å²) in [4.78, 5) is 11.3. The number of carbonyl (C=O) groups is 1. The number of rotatable bonds is 5. The minimum absolute atomic E-state index is 0.0867. The second kappa shape index (κ2) is 9.07. The summed E-state index contributed by atoms with van der Waals surface area (Å²) in [5, 5.41) is 8.58. The quantitative estimate of drug-likeness (QED) is 0.795. The van der Waals surface area contributed by atoms with Crippen molar-refractivity contribution in [3.63, 3.8) is 0 Å². The van der Waals surface area contributed by atoms with E-state index in [-0.39, 0.29) is 18.8 Å². The van der Waals surface area contributed by atoms with Gasteiger partial charge in [-0.2, -0.15) is 0 Å². The van der Waals surface area contributed by atoms with Crippen molar-refractivity contribution in [2.45, 2.75) is 32.7 Å². The normalized spacial score (nSPS) is 11.2. The molecule has 0 aliphatic heterocycles. The van der Waals surface area contributed by atoms with Gasteiger partial charge in [-0.05, 0) is 12.0 Å². The first-order valence-electron chi connectivity index (χ1n) is 5.67. The number of hydrogen-bond donors (Lipinski definition) is 2. The number of carbonyl (C=O) groups excluding carboxylic acids is 1. The largest absolute Gasteiger partial charge is 0.396 e. The van der Waals surface area contributed by atoms with Crippen molar-refractivity contribution in [3.8, 4) is 0 Å². The summed E-state index contributed by atoms with van der Waals surface area (Å²) in [7, 11) is 0. The molecule has 0 aliphatic carbocycles. The third-order valence-corrected chi connectivity index (χ3v) is 2.07. The van der Waals surface area contributed by atoms with E-state index in [0.29, 0.717) is 6.42 Å². The molecule has 0 heterocycles. The van der Waals surface area contributed by atoms with Gasteiger partial charge in [0.1, 0.15) is 0 Å². The van der Waals surface area contributed by atoms with E-state index in [0.717, 1.165) is 5.56 Å². The van der Waals surface area contributed by atoms with E-state index in [1.165, 1.54) is 0 Å². The minimum atomic E-state index is -0.496. The third kappa shape index (κ3) is 5.63. The van der Waals surface area contributed by atoms with Crippen LogP contribution in [0.5, 0.6) is 0 Å². The highest BCUT2D eigenvalue weighted by molar-refractivity contribution is 5.84. The molecule has 1 rings (SSSR count). The summed E-state index contributed by atoms with van der Waals surface area (Å²) in [6, 6.07) is 9.13. The fourth-order valence-corrected chi connectivity index (χ4v) is 1.28. The topological polar surface area (TPSA) is 63.3 Å². The van der Waals surface area contributed by atoms with Gasteiger partial charge in [0.25, 0.3) is 0 Å². The van der Waals surface area contributed by atoms with Crippen LogP contribution in [0.2, 0.25) is 0 Å². The lowest BCUT2D eigenvalue weighted by Gasteiger charge is -2.09. The second-order valence-electron chi connectivity index (χ2n) is 3.24. The summed E-state index contributed by atoms with van der Waals surface area (Å²) in [5.74, 6) is -0.0867. The lowest BCUT2D eigenvalue weighted by molar-refractivity contribution is -0.120. The van der Waals surface area contributed by atoms with Crippen LogP contribution in [0.1, 0.15) is 25.8 Å². The maximum Gasteiger partial charge on any atom is 0.152 e. The second-order valence-corrected chi connectivity index (χ2v) is 3.24. The highest BCUT2D eigenvalue weighted by atomic mass is 16.3. The monoisotopic (exact) mass is 223 g/mol. The summed E-state index contributed by atoms with van der Waals surface area (Å²) < 4.78 is 0. The lowest BCUT2D eigenvalue weighted by atomic mass is 10.0. The van der Waals surface area contributed by atoms with Crippen molar-refractivity contribution in [2.75, 3.05) is 6.61 Å². The summed E-state index contributed by atoms with van der Waals surface area (Å²) in [5.41, 5.74) is 6.72. The van der Waals surface area contributed by atoms with E-state index in [2.05, 4.69) is 0 Å². The van der Waals surface area contributed by atoms with Gasteiger partial charge in [-0.1, -0.05) is 44.2 Å². The van der Waals surface area contributed by atoms with E-state index in [1.807, 2.05) is 44.2 Å². The van der Waals surface area contributed by atoms with Crippen molar-refractivity contribution in [2.24, 2.45) is 5.73 Å². The molecular formula is C13H21NO2. The van der Waals surface area contributed by atoms with Gasteiger partial charge in [0.05, 0.1) is 12.6 Å². The Balaban J connectivity index is 0.00000106. The molecule has 0 saturated carbocycles. The fourth-order valence-electron chi connectivity index (χ4n) is 1.28. The molecule has 0 spiro atoms. The Morgan fingerprint density at radius 1 is 1.31 bits per heavy atom. The molecule has 1 aromatic carbocycles. The van der Waals surface area contributed by atoms with Crippen LogP contribution in [0.15, 0.2) is 30.3 Å². The molecule has 0 aliphatic rings. The fraction of sp³-hybridized carbons (Fsp3) is 0.462. The van der Waals surface area contributed by atoms with E-state index in [4.69, 9.17) is 10.8 Å². The standard InChI is InChI=1S/C11H15NO2.C2H6/c12-10(11(14)6-7-13)8-9-4-2-1-3-5-9;1-2/h1-5,10,13H,6-8,12H2;1-2H3/t10-;/m0./s1. The molecule has 16 heavy (non-hydrogen) atoms. The first kappa shape index (κ1) is 14.8. The SMILES string of the molecule is CC.N[C@@H](Cc1ccccc1)C(=O)CCO. The molecule has 0 bridgehead atoms. The molecule has 0 amide bonds. The highest BCUT2D eigenvalue weighted by Crippen LogP contribution is 2.03. The van der Waals surface area contributed by atoms with Gasteiger partial charge in [0.15, 0.2) is 5.78 Å². The first-order valence-corrected chi connectivity index (χ1v) is 5.67. The molecule has 0 fully saturated rings. The number of nitrogens with two attached hydrogens (primary N) is 1. The van der Waals surface area contributed by atoms with Gasteiger partial charge in [-0.3, -0.25) is 4.79 Å². The molecule has 3 nitrogen and oxygen atoms in total. The van der Waals surface area contributed by atoms with Gasteiger partial charge in [-0.25, -0.2) is 0 Å². The van der Waals surface area contributed by atoms with E-state index in [9.17, 15) is 4.79 Å². The van der Waals surface area contributed by atoms with Crippen molar-refractivity contribution in [3.05, 3.63) is 35.9 Å². The Labute approximate surface area is 97.3 Å². The van der Waals surface area contributed by atoms with Crippen LogP contribution in [0.4, 0.5) is 0 Å². The maximum atomic E-state index is 11.3. The van der Waals surface area contributed by atoms with Crippen molar-refractivity contribution < 1.29 is 9.90 Å². The number of benzene rings is 1. The van der Waals surface area contributed by atoms with E-state index >= 15 is 0 Å². The van der Waals surface area contributed by atoms with E-state index in [1.54, 1.807) is 0 Å². The average Bonchev–Trinajstić information content (AvgIpc) is 2.33. The van der Waals surface area contributed by atoms with Crippen LogP contribution in [0.3, 0.4) is 0 Å². The molecule has 1 atom stereocenters. The van der Waals surface area contributed by atoms with Crippen molar-refractivity contribution in [1.82, 2.24) is 0 Å². The minimum Gasteiger partial charge on any atom is -0.396 e. The zero-order valence-electron chi connectivity index (χ0n) is 10.0. The Kier molecular flexibility index (Phi) is 8.39. The molecule has 90 valence electrons. The van der Waals surface area contributed by atoms with Gasteiger partial charge >= 0.3 is 0 Å². The molecule has 3 heteroatoms. The van der Waals surface area contributed by atoms with Gasteiger partial charge in [-0.15, -0.1) is 0 Å². The Bertz CT molecular complexity index is 285. The van der Waals surface area contributed by atoms with Crippen LogP contribution in [0, 0.1) is 0 Å². The number of hydrogen-bond acceptors (Lipinski definition) is 3. The molecule has 1 aromatic rings. The predicted molar refractivity (Wildman–Crippen MR) is 66.2 cm³/mol. The predicted octanol–water partition coefficient (Wildman–Crippen LogP) is 1.53. The van der Waals surface area contributed by atoms with Crippen LogP contribution < -0.4 is 5.73 Å². The zero-order valence-corrected chi connectivity index (χ0v) is 10.0. The maximum absolute atomic E-state index is 11.3. The number of aliphatic hydroxyl groups is 1. The van der Waals surface area contributed by atoms with Gasteiger partial charge in [0.2, 0.25) is 0 Å². The first-order chi connectivity index (χ1) is 7.74. The molecule has 0 aromatic heterocycles. The summed E-state index contributed by atoms with van der Waals surface area (Å²) in [6.45, 7) is 3.88. The summed E-state index contributed by atoms with van der Waals surface area (Å²) >= 11 is 0. The number of Topliss-reactive ketones (excluding diaryl/α,β-unsaturated/α-hetero) is 1.